The Morgan fingerprint density at radius 2 is 1.90 bits per heavy atom. The van der Waals surface area contributed by atoms with Gasteiger partial charge in [-0.15, -0.1) is 0 Å². The highest BCUT2D eigenvalue weighted by molar-refractivity contribution is 5.91. The van der Waals surface area contributed by atoms with E-state index in [-0.39, 0.29) is 5.60 Å². The minimum atomic E-state index is -4.36. The Kier molecular flexibility index (Phi) is 4.09. The topological polar surface area (TPSA) is 34.1 Å². The molecule has 1 N–H and O–H groups in total. The standard InChI is InChI=1S/C15H17F3N2O/c1-14(2,21-3)9-20-12-6-7-19-13-8-10(15(16,17)18)4-5-11(12)13/h4-8H,9H2,1-3H3,(H,19,20). The Balaban J connectivity index is 2.34. The number of benzene rings is 1. The van der Waals surface area contributed by atoms with Gasteiger partial charge in [0.25, 0.3) is 0 Å². The lowest BCUT2D eigenvalue weighted by Gasteiger charge is -2.24. The summed E-state index contributed by atoms with van der Waals surface area (Å²) in [7, 11) is 1.61. The molecule has 114 valence electrons. The van der Waals surface area contributed by atoms with Gasteiger partial charge in [0.1, 0.15) is 0 Å². The quantitative estimate of drug-likeness (QED) is 0.923. The van der Waals surface area contributed by atoms with E-state index in [1.165, 1.54) is 12.3 Å². The van der Waals surface area contributed by atoms with Gasteiger partial charge in [-0.3, -0.25) is 4.98 Å². The average Bonchev–Trinajstić information content (AvgIpc) is 2.43. The summed E-state index contributed by atoms with van der Waals surface area (Å²) in [6.07, 6.45) is -2.87. The van der Waals surface area contributed by atoms with Crippen LogP contribution in [0.4, 0.5) is 18.9 Å². The lowest BCUT2D eigenvalue weighted by molar-refractivity contribution is -0.137. The van der Waals surface area contributed by atoms with Crippen LogP contribution in [-0.2, 0) is 10.9 Å². The molecule has 0 saturated carbocycles. The van der Waals surface area contributed by atoms with Crippen LogP contribution in [0.1, 0.15) is 19.4 Å². The number of rotatable bonds is 4. The lowest BCUT2D eigenvalue weighted by atomic mass is 10.1. The van der Waals surface area contributed by atoms with Crippen molar-refractivity contribution in [3.05, 3.63) is 36.0 Å². The van der Waals surface area contributed by atoms with Gasteiger partial charge in [0.05, 0.1) is 16.7 Å². The number of pyridine rings is 1. The van der Waals surface area contributed by atoms with E-state index in [0.717, 1.165) is 17.8 Å². The molecule has 0 amide bonds. The molecule has 0 radical (unpaired) electrons. The number of anilines is 1. The van der Waals surface area contributed by atoms with Crippen molar-refractivity contribution in [3.63, 3.8) is 0 Å². The van der Waals surface area contributed by atoms with E-state index in [2.05, 4.69) is 10.3 Å². The van der Waals surface area contributed by atoms with Crippen LogP contribution in [0.25, 0.3) is 10.9 Å². The molecule has 0 aliphatic carbocycles. The highest BCUT2D eigenvalue weighted by atomic mass is 19.4. The van der Waals surface area contributed by atoms with Crippen molar-refractivity contribution in [1.29, 1.82) is 0 Å². The molecule has 0 aliphatic rings. The molecule has 2 aromatic rings. The van der Waals surface area contributed by atoms with Gasteiger partial charge >= 0.3 is 6.18 Å². The van der Waals surface area contributed by atoms with Crippen LogP contribution in [0, 0.1) is 0 Å². The first-order valence-electron chi connectivity index (χ1n) is 6.48. The number of ether oxygens (including phenoxy) is 1. The largest absolute Gasteiger partial charge is 0.416 e. The van der Waals surface area contributed by atoms with Crippen molar-refractivity contribution in [2.75, 3.05) is 19.0 Å². The van der Waals surface area contributed by atoms with Crippen LogP contribution in [0.3, 0.4) is 0 Å². The molecule has 0 saturated heterocycles. The summed E-state index contributed by atoms with van der Waals surface area (Å²) in [5.41, 5.74) is -0.0256. The van der Waals surface area contributed by atoms with Crippen LogP contribution < -0.4 is 5.32 Å². The van der Waals surface area contributed by atoms with Crippen LogP contribution in [0.5, 0.6) is 0 Å². The number of alkyl halides is 3. The predicted molar refractivity (Wildman–Crippen MR) is 76.3 cm³/mol. The molecule has 0 unspecified atom stereocenters. The van der Waals surface area contributed by atoms with Gasteiger partial charge < -0.3 is 10.1 Å². The van der Waals surface area contributed by atoms with Crippen LogP contribution in [-0.4, -0.2) is 24.2 Å². The second-order valence-electron chi connectivity index (χ2n) is 5.41. The number of nitrogens with one attached hydrogen (secondary N) is 1. The molecule has 0 spiro atoms. The Bertz CT molecular complexity index is 638. The molecule has 6 heteroatoms. The number of nitrogens with zero attached hydrogens (tertiary/aromatic N) is 1. The van der Waals surface area contributed by atoms with Crippen LogP contribution in [0.15, 0.2) is 30.5 Å². The third kappa shape index (κ3) is 3.64. The molecule has 2 rings (SSSR count). The summed E-state index contributed by atoms with van der Waals surface area (Å²) in [4.78, 5) is 4.01. The number of methoxy groups -OCH3 is 1. The second-order valence-corrected chi connectivity index (χ2v) is 5.41. The normalized spacial score (nSPS) is 12.7. The highest BCUT2D eigenvalue weighted by Gasteiger charge is 2.30. The molecule has 0 aliphatic heterocycles. The molecule has 0 bridgehead atoms. The van der Waals surface area contributed by atoms with E-state index in [9.17, 15) is 13.2 Å². The van der Waals surface area contributed by atoms with Gasteiger partial charge in [-0.2, -0.15) is 13.2 Å². The summed E-state index contributed by atoms with van der Waals surface area (Å²) in [5.74, 6) is 0. The fraction of sp³-hybridized carbons (Fsp3) is 0.400. The van der Waals surface area contributed by atoms with Crippen molar-refractivity contribution in [3.8, 4) is 0 Å². The Hall–Kier alpha value is -1.82. The number of fused-ring (bicyclic) bond motifs is 1. The number of aromatic nitrogens is 1. The molecule has 0 atom stereocenters. The molecule has 21 heavy (non-hydrogen) atoms. The van der Waals surface area contributed by atoms with Crippen molar-refractivity contribution < 1.29 is 17.9 Å². The lowest BCUT2D eigenvalue weighted by Crippen LogP contribution is -2.32. The summed E-state index contributed by atoms with van der Waals surface area (Å²) in [6, 6.07) is 5.30. The number of hydrogen-bond acceptors (Lipinski definition) is 3. The minimum Gasteiger partial charge on any atom is -0.382 e. The van der Waals surface area contributed by atoms with Gasteiger partial charge in [-0.25, -0.2) is 0 Å². The summed E-state index contributed by atoms with van der Waals surface area (Å²) in [5, 5.41) is 3.84. The minimum absolute atomic E-state index is 0.310. The van der Waals surface area contributed by atoms with Crippen molar-refractivity contribution in [2.24, 2.45) is 0 Å². The highest BCUT2D eigenvalue weighted by Crippen LogP contribution is 2.32. The Labute approximate surface area is 121 Å². The van der Waals surface area contributed by atoms with Gasteiger partial charge in [0.15, 0.2) is 0 Å². The van der Waals surface area contributed by atoms with E-state index in [0.29, 0.717) is 17.4 Å². The third-order valence-corrected chi connectivity index (χ3v) is 3.33. The summed E-state index contributed by atoms with van der Waals surface area (Å²) < 4.78 is 43.4. The Morgan fingerprint density at radius 3 is 2.52 bits per heavy atom. The van der Waals surface area contributed by atoms with Crippen molar-refractivity contribution in [1.82, 2.24) is 4.98 Å². The number of halogens is 3. The fourth-order valence-corrected chi connectivity index (χ4v) is 1.86. The van der Waals surface area contributed by atoms with Gasteiger partial charge in [0.2, 0.25) is 0 Å². The van der Waals surface area contributed by atoms with Crippen molar-refractivity contribution in [2.45, 2.75) is 25.6 Å². The van der Waals surface area contributed by atoms with Crippen molar-refractivity contribution >= 4 is 16.6 Å². The molecule has 1 aromatic carbocycles. The summed E-state index contributed by atoms with van der Waals surface area (Å²) >= 11 is 0. The van der Waals surface area contributed by atoms with Crippen LogP contribution >= 0.6 is 0 Å². The SMILES string of the molecule is COC(C)(C)CNc1ccnc2cc(C(F)(F)F)ccc12. The second kappa shape index (κ2) is 5.52. The molecular formula is C15H17F3N2O. The first kappa shape index (κ1) is 15.6. The predicted octanol–water partition coefficient (Wildman–Crippen LogP) is 4.09. The zero-order valence-corrected chi connectivity index (χ0v) is 12.1. The van der Waals surface area contributed by atoms with E-state index < -0.39 is 11.7 Å². The van der Waals surface area contributed by atoms with Gasteiger partial charge in [0, 0.05) is 30.9 Å². The summed E-state index contributed by atoms with van der Waals surface area (Å²) in [6.45, 7) is 4.37. The molecule has 3 nitrogen and oxygen atoms in total. The van der Waals surface area contributed by atoms with Gasteiger partial charge in [-0.1, -0.05) is 6.07 Å². The van der Waals surface area contributed by atoms with Gasteiger partial charge in [-0.05, 0) is 32.0 Å². The average molecular weight is 298 g/mol. The van der Waals surface area contributed by atoms with E-state index in [1.807, 2.05) is 13.8 Å². The maximum absolute atomic E-state index is 12.7. The van der Waals surface area contributed by atoms with E-state index >= 15 is 0 Å². The maximum atomic E-state index is 12.7. The maximum Gasteiger partial charge on any atom is 0.416 e. The van der Waals surface area contributed by atoms with Crippen LogP contribution in [0.2, 0.25) is 0 Å². The zero-order chi connectivity index (χ0) is 15.7. The monoisotopic (exact) mass is 298 g/mol. The van der Waals surface area contributed by atoms with E-state index in [1.54, 1.807) is 13.2 Å². The first-order valence-corrected chi connectivity index (χ1v) is 6.48. The zero-order valence-electron chi connectivity index (χ0n) is 12.1. The molecule has 1 aromatic heterocycles. The van der Waals surface area contributed by atoms with E-state index in [4.69, 9.17) is 4.74 Å². The first-order chi connectivity index (χ1) is 9.73. The molecular weight excluding hydrogens is 281 g/mol. The fourth-order valence-electron chi connectivity index (χ4n) is 1.86. The molecule has 0 fully saturated rings. The molecule has 1 heterocycles. The third-order valence-electron chi connectivity index (χ3n) is 3.33. The number of hydrogen-bond donors (Lipinski definition) is 1. The Morgan fingerprint density at radius 1 is 1.19 bits per heavy atom. The smallest absolute Gasteiger partial charge is 0.382 e.